The highest BCUT2D eigenvalue weighted by molar-refractivity contribution is 5.91. The van der Waals surface area contributed by atoms with Gasteiger partial charge in [-0.1, -0.05) is 6.07 Å². The Morgan fingerprint density at radius 1 is 1.09 bits per heavy atom. The SMILES string of the molecule is FCc1nccc2cc(Nc3n[nH]c4cccnc34)ccc12. The summed E-state index contributed by atoms with van der Waals surface area (Å²) >= 11 is 0. The second-order valence-electron chi connectivity index (χ2n) is 4.92. The zero-order valence-electron chi connectivity index (χ0n) is 11.5. The van der Waals surface area contributed by atoms with Gasteiger partial charge in [-0.25, -0.2) is 4.39 Å². The molecule has 3 heterocycles. The third kappa shape index (κ3) is 2.05. The van der Waals surface area contributed by atoms with E-state index in [1.807, 2.05) is 36.4 Å². The van der Waals surface area contributed by atoms with E-state index in [9.17, 15) is 4.39 Å². The molecule has 0 radical (unpaired) electrons. The van der Waals surface area contributed by atoms with Gasteiger partial charge in [-0.3, -0.25) is 15.1 Å². The summed E-state index contributed by atoms with van der Waals surface area (Å²) in [5.41, 5.74) is 2.97. The quantitative estimate of drug-likeness (QED) is 0.604. The summed E-state index contributed by atoms with van der Waals surface area (Å²) in [5, 5.41) is 12.2. The van der Waals surface area contributed by atoms with E-state index in [1.165, 1.54) is 0 Å². The molecule has 0 aliphatic heterocycles. The van der Waals surface area contributed by atoms with Gasteiger partial charge in [0.15, 0.2) is 5.82 Å². The maximum absolute atomic E-state index is 12.9. The first-order valence-corrected chi connectivity index (χ1v) is 6.85. The fourth-order valence-corrected chi connectivity index (χ4v) is 2.50. The van der Waals surface area contributed by atoms with Crippen LogP contribution >= 0.6 is 0 Å². The lowest BCUT2D eigenvalue weighted by molar-refractivity contribution is 0.479. The van der Waals surface area contributed by atoms with Crippen LogP contribution in [0.1, 0.15) is 5.69 Å². The van der Waals surface area contributed by atoms with Crippen molar-refractivity contribution < 1.29 is 4.39 Å². The topological polar surface area (TPSA) is 66.5 Å². The molecule has 1 aromatic carbocycles. The van der Waals surface area contributed by atoms with Crippen molar-refractivity contribution in [3.8, 4) is 0 Å². The second-order valence-corrected chi connectivity index (χ2v) is 4.92. The Hall–Kier alpha value is -3.02. The first-order chi connectivity index (χ1) is 10.8. The molecule has 4 aromatic rings. The average molecular weight is 293 g/mol. The smallest absolute Gasteiger partial charge is 0.178 e. The third-order valence-corrected chi connectivity index (χ3v) is 3.56. The minimum Gasteiger partial charge on any atom is -0.337 e. The van der Waals surface area contributed by atoms with E-state index in [1.54, 1.807) is 12.4 Å². The number of alkyl halides is 1. The Morgan fingerprint density at radius 3 is 2.95 bits per heavy atom. The van der Waals surface area contributed by atoms with Crippen LogP contribution in [0.15, 0.2) is 48.8 Å². The minimum atomic E-state index is -0.571. The normalized spacial score (nSPS) is 11.1. The Morgan fingerprint density at radius 2 is 2.05 bits per heavy atom. The van der Waals surface area contributed by atoms with E-state index in [2.05, 4.69) is 25.5 Å². The van der Waals surface area contributed by atoms with E-state index in [4.69, 9.17) is 0 Å². The number of H-pyrrole nitrogens is 1. The van der Waals surface area contributed by atoms with Gasteiger partial charge in [0, 0.05) is 23.5 Å². The molecule has 0 atom stereocenters. The predicted octanol–water partition coefficient (Wildman–Crippen LogP) is 3.72. The van der Waals surface area contributed by atoms with Crippen molar-refractivity contribution >= 4 is 33.3 Å². The lowest BCUT2D eigenvalue weighted by atomic mass is 10.1. The number of hydrogen-bond donors (Lipinski definition) is 2. The van der Waals surface area contributed by atoms with Crippen LogP contribution in [0.5, 0.6) is 0 Å². The number of fused-ring (bicyclic) bond motifs is 2. The molecule has 0 unspecified atom stereocenters. The molecule has 0 bridgehead atoms. The lowest BCUT2D eigenvalue weighted by Gasteiger charge is -2.07. The monoisotopic (exact) mass is 293 g/mol. The van der Waals surface area contributed by atoms with Crippen LogP contribution in [-0.2, 0) is 6.67 Å². The molecule has 6 heteroatoms. The van der Waals surface area contributed by atoms with Crippen molar-refractivity contribution in [3.05, 3.63) is 54.5 Å². The number of benzene rings is 1. The standard InChI is InChI=1S/C16H12FN5/c17-9-14-12-4-3-11(8-10(12)5-7-18-14)20-16-15-13(21-22-16)2-1-6-19-15/h1-8H,9H2,(H2,20,21,22). The molecule has 108 valence electrons. The fraction of sp³-hybridized carbons (Fsp3) is 0.0625. The molecule has 0 aliphatic carbocycles. The predicted molar refractivity (Wildman–Crippen MR) is 83.7 cm³/mol. The molecule has 5 nitrogen and oxygen atoms in total. The highest BCUT2D eigenvalue weighted by atomic mass is 19.1. The Labute approximate surface area is 125 Å². The van der Waals surface area contributed by atoms with Crippen molar-refractivity contribution in [2.75, 3.05) is 5.32 Å². The van der Waals surface area contributed by atoms with Gasteiger partial charge in [0.1, 0.15) is 12.2 Å². The molecular formula is C16H12FN5. The summed E-state index contributed by atoms with van der Waals surface area (Å²) in [6.45, 7) is -0.571. The van der Waals surface area contributed by atoms with Crippen LogP contribution < -0.4 is 5.32 Å². The van der Waals surface area contributed by atoms with Gasteiger partial charge in [-0.15, -0.1) is 0 Å². The molecule has 0 amide bonds. The number of hydrogen-bond acceptors (Lipinski definition) is 4. The Balaban J connectivity index is 1.75. The van der Waals surface area contributed by atoms with Crippen molar-refractivity contribution in [1.82, 2.24) is 20.2 Å². The number of halogens is 1. The Kier molecular flexibility index (Phi) is 2.93. The van der Waals surface area contributed by atoms with E-state index < -0.39 is 6.67 Å². The van der Waals surface area contributed by atoms with Crippen molar-refractivity contribution in [1.29, 1.82) is 0 Å². The molecule has 0 spiro atoms. The summed E-state index contributed by atoms with van der Waals surface area (Å²) in [6.07, 6.45) is 3.34. The van der Waals surface area contributed by atoms with Gasteiger partial charge in [0.05, 0.1) is 11.2 Å². The maximum Gasteiger partial charge on any atom is 0.178 e. The van der Waals surface area contributed by atoms with E-state index >= 15 is 0 Å². The summed E-state index contributed by atoms with van der Waals surface area (Å²) in [7, 11) is 0. The van der Waals surface area contributed by atoms with Crippen molar-refractivity contribution in [2.24, 2.45) is 0 Å². The number of rotatable bonds is 3. The molecule has 0 saturated heterocycles. The number of anilines is 2. The van der Waals surface area contributed by atoms with E-state index in [-0.39, 0.29) is 0 Å². The van der Waals surface area contributed by atoms with Gasteiger partial charge in [-0.05, 0) is 35.7 Å². The molecule has 0 fully saturated rings. The second kappa shape index (κ2) is 5.07. The van der Waals surface area contributed by atoms with Gasteiger partial charge in [-0.2, -0.15) is 5.10 Å². The minimum absolute atomic E-state index is 0.455. The molecule has 4 rings (SSSR count). The Bertz CT molecular complexity index is 963. The zero-order chi connectivity index (χ0) is 14.9. The highest BCUT2D eigenvalue weighted by Crippen LogP contribution is 2.26. The van der Waals surface area contributed by atoms with Crippen molar-refractivity contribution in [3.63, 3.8) is 0 Å². The summed E-state index contributed by atoms with van der Waals surface area (Å²) in [4.78, 5) is 8.36. The van der Waals surface area contributed by atoms with Gasteiger partial charge < -0.3 is 5.32 Å². The molecule has 3 aromatic heterocycles. The number of aromatic amines is 1. The van der Waals surface area contributed by atoms with Crippen LogP contribution in [0.25, 0.3) is 21.8 Å². The van der Waals surface area contributed by atoms with Crippen LogP contribution in [0.4, 0.5) is 15.9 Å². The van der Waals surface area contributed by atoms with Gasteiger partial charge >= 0.3 is 0 Å². The largest absolute Gasteiger partial charge is 0.337 e. The van der Waals surface area contributed by atoms with E-state index in [0.717, 1.165) is 27.5 Å². The molecule has 2 N–H and O–H groups in total. The number of pyridine rings is 2. The maximum atomic E-state index is 12.9. The highest BCUT2D eigenvalue weighted by Gasteiger charge is 2.08. The summed E-state index contributed by atoms with van der Waals surface area (Å²) < 4.78 is 12.9. The summed E-state index contributed by atoms with van der Waals surface area (Å²) in [5.74, 6) is 0.662. The third-order valence-electron chi connectivity index (χ3n) is 3.56. The van der Waals surface area contributed by atoms with Crippen molar-refractivity contribution in [2.45, 2.75) is 6.67 Å². The number of nitrogens with one attached hydrogen (secondary N) is 2. The molecule has 22 heavy (non-hydrogen) atoms. The fourth-order valence-electron chi connectivity index (χ4n) is 2.50. The lowest BCUT2D eigenvalue weighted by Crippen LogP contribution is -1.93. The average Bonchev–Trinajstić information content (AvgIpc) is 2.97. The van der Waals surface area contributed by atoms with Crippen LogP contribution in [0, 0.1) is 0 Å². The van der Waals surface area contributed by atoms with Crippen LogP contribution in [-0.4, -0.2) is 20.2 Å². The van der Waals surface area contributed by atoms with Gasteiger partial charge in [0.25, 0.3) is 0 Å². The van der Waals surface area contributed by atoms with Crippen LogP contribution in [0.3, 0.4) is 0 Å². The molecule has 0 aliphatic rings. The summed E-state index contributed by atoms with van der Waals surface area (Å²) in [6, 6.07) is 11.3. The van der Waals surface area contributed by atoms with Gasteiger partial charge in [0.2, 0.25) is 0 Å². The first kappa shape index (κ1) is 12.7. The molecule has 0 saturated carbocycles. The van der Waals surface area contributed by atoms with E-state index in [0.29, 0.717) is 11.5 Å². The first-order valence-electron chi connectivity index (χ1n) is 6.85. The number of nitrogens with zero attached hydrogens (tertiary/aromatic N) is 3. The molecular weight excluding hydrogens is 281 g/mol. The number of aromatic nitrogens is 4. The zero-order valence-corrected chi connectivity index (χ0v) is 11.5. The van der Waals surface area contributed by atoms with Crippen LogP contribution in [0.2, 0.25) is 0 Å².